The predicted molar refractivity (Wildman–Crippen MR) is 112 cm³/mol. The van der Waals surface area contributed by atoms with Crippen molar-refractivity contribution in [2.24, 2.45) is 23.7 Å². The Labute approximate surface area is 173 Å². The van der Waals surface area contributed by atoms with Gasteiger partial charge in [0.2, 0.25) is 0 Å². The van der Waals surface area contributed by atoms with E-state index in [2.05, 4.69) is 13.8 Å². The van der Waals surface area contributed by atoms with Crippen molar-refractivity contribution >= 4 is 0 Å². The van der Waals surface area contributed by atoms with Gasteiger partial charge in [0.1, 0.15) is 0 Å². The maximum atomic E-state index is 6.13. The molecule has 4 heteroatoms. The van der Waals surface area contributed by atoms with Crippen LogP contribution in [-0.2, 0) is 18.9 Å². The normalized spacial score (nSPS) is 37.1. The van der Waals surface area contributed by atoms with Crippen molar-refractivity contribution in [2.75, 3.05) is 26.4 Å². The summed E-state index contributed by atoms with van der Waals surface area (Å²) in [6.07, 6.45) is 15.2. The molecule has 2 aliphatic heterocycles. The first-order valence-corrected chi connectivity index (χ1v) is 12.2. The quantitative estimate of drug-likeness (QED) is 0.429. The Hall–Kier alpha value is -0.160. The Morgan fingerprint density at radius 1 is 0.571 bits per heavy atom. The topological polar surface area (TPSA) is 36.9 Å². The summed E-state index contributed by atoms with van der Waals surface area (Å²) in [5, 5.41) is 0. The molecule has 1 aliphatic carbocycles. The SMILES string of the molecule is CCCCC[C@H]1CO[C@H](CC[C@H]2CO[C@H]([C@H]3CC[C@H](CCC)CC3)OC2)OC1. The highest BCUT2D eigenvalue weighted by molar-refractivity contribution is 4.77. The predicted octanol–water partition coefficient (Wildman–Crippen LogP) is 5.93. The number of unbranched alkanes of at least 4 members (excludes halogenated alkanes) is 2. The van der Waals surface area contributed by atoms with E-state index in [0.29, 0.717) is 17.8 Å². The van der Waals surface area contributed by atoms with Gasteiger partial charge in [-0.2, -0.15) is 0 Å². The molecule has 3 aliphatic rings. The van der Waals surface area contributed by atoms with Crippen molar-refractivity contribution in [1.82, 2.24) is 0 Å². The lowest BCUT2D eigenvalue weighted by Crippen LogP contribution is -2.39. The molecule has 0 aromatic carbocycles. The molecule has 2 saturated heterocycles. The Kier molecular flexibility index (Phi) is 10.1. The monoisotopic (exact) mass is 396 g/mol. The summed E-state index contributed by atoms with van der Waals surface area (Å²) in [5.74, 6) is 2.64. The second kappa shape index (κ2) is 12.5. The van der Waals surface area contributed by atoms with Crippen LogP contribution in [0.3, 0.4) is 0 Å². The fourth-order valence-electron chi connectivity index (χ4n) is 5.13. The highest BCUT2D eigenvalue weighted by Crippen LogP contribution is 2.36. The molecule has 0 aromatic rings. The van der Waals surface area contributed by atoms with E-state index in [1.807, 2.05) is 0 Å². The summed E-state index contributed by atoms with van der Waals surface area (Å²) in [4.78, 5) is 0. The maximum absolute atomic E-state index is 6.13. The minimum Gasteiger partial charge on any atom is -0.352 e. The van der Waals surface area contributed by atoms with E-state index in [-0.39, 0.29) is 12.6 Å². The van der Waals surface area contributed by atoms with Gasteiger partial charge in [0, 0.05) is 17.8 Å². The molecule has 3 fully saturated rings. The molecule has 0 radical (unpaired) electrons. The van der Waals surface area contributed by atoms with Crippen molar-refractivity contribution in [1.29, 1.82) is 0 Å². The largest absolute Gasteiger partial charge is 0.352 e. The average Bonchev–Trinajstić information content (AvgIpc) is 2.75. The second-order valence-electron chi connectivity index (χ2n) is 9.51. The van der Waals surface area contributed by atoms with E-state index in [9.17, 15) is 0 Å². The molecule has 1 saturated carbocycles. The lowest BCUT2D eigenvalue weighted by Gasteiger charge is -2.38. The van der Waals surface area contributed by atoms with Gasteiger partial charge < -0.3 is 18.9 Å². The van der Waals surface area contributed by atoms with Crippen LogP contribution in [0.1, 0.15) is 90.9 Å². The molecule has 0 spiro atoms. The summed E-state index contributed by atoms with van der Waals surface area (Å²) < 4.78 is 24.2. The third kappa shape index (κ3) is 7.27. The Balaban J connectivity index is 1.24. The van der Waals surface area contributed by atoms with Crippen molar-refractivity contribution in [3.05, 3.63) is 0 Å². The zero-order valence-corrected chi connectivity index (χ0v) is 18.4. The van der Waals surface area contributed by atoms with Crippen molar-refractivity contribution in [3.8, 4) is 0 Å². The molecular weight excluding hydrogens is 352 g/mol. The van der Waals surface area contributed by atoms with Crippen LogP contribution < -0.4 is 0 Å². The first kappa shape index (κ1) is 22.5. The number of hydrogen-bond donors (Lipinski definition) is 0. The van der Waals surface area contributed by atoms with Crippen LogP contribution in [0.5, 0.6) is 0 Å². The molecule has 2 heterocycles. The average molecular weight is 397 g/mol. The van der Waals surface area contributed by atoms with Crippen LogP contribution in [0, 0.1) is 23.7 Å². The smallest absolute Gasteiger partial charge is 0.160 e. The molecule has 0 amide bonds. The molecule has 0 unspecified atom stereocenters. The number of hydrogen-bond acceptors (Lipinski definition) is 4. The summed E-state index contributed by atoms with van der Waals surface area (Å²) >= 11 is 0. The fourth-order valence-corrected chi connectivity index (χ4v) is 5.13. The lowest BCUT2D eigenvalue weighted by atomic mass is 9.79. The molecule has 3 rings (SSSR count). The molecule has 0 atom stereocenters. The van der Waals surface area contributed by atoms with Gasteiger partial charge in [-0.25, -0.2) is 0 Å². The van der Waals surface area contributed by atoms with Gasteiger partial charge in [-0.15, -0.1) is 0 Å². The van der Waals surface area contributed by atoms with E-state index in [4.69, 9.17) is 18.9 Å². The van der Waals surface area contributed by atoms with Crippen LogP contribution in [0.4, 0.5) is 0 Å². The Bertz CT molecular complexity index is 391. The van der Waals surface area contributed by atoms with E-state index >= 15 is 0 Å². The molecule has 0 aromatic heterocycles. The zero-order valence-electron chi connectivity index (χ0n) is 18.4. The Morgan fingerprint density at radius 3 is 1.86 bits per heavy atom. The number of ether oxygens (including phenoxy) is 4. The molecule has 0 N–H and O–H groups in total. The second-order valence-corrected chi connectivity index (χ2v) is 9.51. The molecule has 4 nitrogen and oxygen atoms in total. The molecular formula is C24H44O4. The summed E-state index contributed by atoms with van der Waals surface area (Å²) in [6.45, 7) is 7.97. The van der Waals surface area contributed by atoms with Gasteiger partial charge in [-0.3, -0.25) is 0 Å². The van der Waals surface area contributed by atoms with E-state index in [1.165, 1.54) is 64.2 Å². The highest BCUT2D eigenvalue weighted by Gasteiger charge is 2.32. The zero-order chi connectivity index (χ0) is 19.6. The summed E-state index contributed by atoms with van der Waals surface area (Å²) in [5.41, 5.74) is 0. The standard InChI is InChI=1S/C24H44O4/c1-3-5-6-8-20-15-25-23(26-16-20)14-11-21-17-27-24(28-18-21)22-12-9-19(7-4-2)10-13-22/h19-24H,3-18H2,1-2H3/t19-,20-,21-,22-,23-,24-. The van der Waals surface area contributed by atoms with Crippen molar-refractivity contribution in [2.45, 2.75) is 103 Å². The lowest BCUT2D eigenvalue weighted by molar-refractivity contribution is -0.236. The first-order chi connectivity index (χ1) is 13.8. The van der Waals surface area contributed by atoms with Crippen molar-refractivity contribution < 1.29 is 18.9 Å². The van der Waals surface area contributed by atoms with Gasteiger partial charge >= 0.3 is 0 Å². The minimum absolute atomic E-state index is 0.0195. The third-order valence-corrected chi connectivity index (χ3v) is 7.03. The molecule has 28 heavy (non-hydrogen) atoms. The van der Waals surface area contributed by atoms with E-state index in [0.717, 1.165) is 45.2 Å². The first-order valence-electron chi connectivity index (χ1n) is 12.2. The van der Waals surface area contributed by atoms with Gasteiger partial charge in [0.15, 0.2) is 12.6 Å². The number of rotatable bonds is 10. The van der Waals surface area contributed by atoms with Gasteiger partial charge in [-0.1, -0.05) is 46.0 Å². The van der Waals surface area contributed by atoms with Crippen LogP contribution in [0.25, 0.3) is 0 Å². The van der Waals surface area contributed by atoms with Gasteiger partial charge in [0.05, 0.1) is 26.4 Å². The van der Waals surface area contributed by atoms with Crippen LogP contribution in [0.2, 0.25) is 0 Å². The molecule has 164 valence electrons. The highest BCUT2D eigenvalue weighted by atomic mass is 16.7. The van der Waals surface area contributed by atoms with Crippen LogP contribution in [0.15, 0.2) is 0 Å². The van der Waals surface area contributed by atoms with Gasteiger partial charge in [0.25, 0.3) is 0 Å². The van der Waals surface area contributed by atoms with Crippen molar-refractivity contribution in [3.63, 3.8) is 0 Å². The minimum atomic E-state index is -0.0195. The van der Waals surface area contributed by atoms with Gasteiger partial charge in [-0.05, 0) is 50.9 Å². The fraction of sp³-hybridized carbons (Fsp3) is 1.00. The maximum Gasteiger partial charge on any atom is 0.160 e. The van der Waals surface area contributed by atoms with E-state index < -0.39 is 0 Å². The third-order valence-electron chi connectivity index (χ3n) is 7.03. The van der Waals surface area contributed by atoms with Crippen LogP contribution in [-0.4, -0.2) is 39.0 Å². The summed E-state index contributed by atoms with van der Waals surface area (Å²) in [7, 11) is 0. The van der Waals surface area contributed by atoms with E-state index in [1.54, 1.807) is 0 Å². The Morgan fingerprint density at radius 2 is 1.21 bits per heavy atom. The summed E-state index contributed by atoms with van der Waals surface area (Å²) in [6, 6.07) is 0. The van der Waals surface area contributed by atoms with Crippen LogP contribution >= 0.6 is 0 Å². The molecule has 0 bridgehead atoms.